The lowest BCUT2D eigenvalue weighted by atomic mass is 9.89. The molecule has 0 aliphatic carbocycles. The molecule has 1 aromatic rings. The highest BCUT2D eigenvalue weighted by Gasteiger charge is 2.44. The summed E-state index contributed by atoms with van der Waals surface area (Å²) in [4.78, 5) is 128. The van der Waals surface area contributed by atoms with E-state index >= 15 is 0 Å². The summed E-state index contributed by atoms with van der Waals surface area (Å²) in [5.74, 6) is -4.17. The Hall–Kier alpha value is -5.77. The molecule has 3 heterocycles. The average Bonchev–Trinajstić information content (AvgIpc) is 4.04. The fourth-order valence-corrected chi connectivity index (χ4v) is 10.9. The first kappa shape index (κ1) is 64.8. The van der Waals surface area contributed by atoms with Crippen LogP contribution in [0, 0.1) is 23.7 Å². The number of hydrogen-bond acceptors (Lipinski definition) is 13. The zero-order valence-electron chi connectivity index (χ0n) is 48.3. The topological polar surface area (TPSA) is 246 Å². The van der Waals surface area contributed by atoms with Gasteiger partial charge < -0.3 is 39.5 Å². The number of carbonyl (C=O) groups is 9. The van der Waals surface area contributed by atoms with Crippen LogP contribution in [0.15, 0.2) is 42.5 Å². The van der Waals surface area contributed by atoms with Crippen LogP contribution < -0.4 is 21.5 Å². The van der Waals surface area contributed by atoms with Crippen molar-refractivity contribution in [1.82, 2.24) is 46.0 Å². The minimum Gasteiger partial charge on any atom is -0.379 e. The van der Waals surface area contributed by atoms with Gasteiger partial charge >= 0.3 is 0 Å². The molecule has 2 fully saturated rings. The number of benzene rings is 1. The Morgan fingerprint density at radius 3 is 1.97 bits per heavy atom. The van der Waals surface area contributed by atoms with Gasteiger partial charge in [-0.15, -0.1) is 0 Å². The van der Waals surface area contributed by atoms with E-state index in [1.165, 1.54) is 26.4 Å². The summed E-state index contributed by atoms with van der Waals surface area (Å²) < 4.78 is 17.6. The summed E-state index contributed by atoms with van der Waals surface area (Å²) in [6.45, 7) is 16.2. The van der Waals surface area contributed by atoms with Crippen molar-refractivity contribution in [2.24, 2.45) is 23.7 Å². The predicted octanol–water partition coefficient (Wildman–Crippen LogP) is 3.00. The third kappa shape index (κ3) is 18.7. The number of carbonyl (C=O) groups excluding carboxylic acids is 9. The molecule has 78 heavy (non-hydrogen) atoms. The average molecular weight is 1090 g/mol. The van der Waals surface area contributed by atoms with E-state index in [0.29, 0.717) is 90.8 Å². The molecule has 0 saturated carbocycles. The third-order valence-corrected chi connectivity index (χ3v) is 15.5. The SMILES string of the molecule is CCC(C)C(C(CC(=O)N1CCC[C@H]1C(OC)C(C)C(=O)NC(Cc1ccccc1)C(=O)N1CCOCC1)OC)N(C)C(=O)C(NC(=O)C(C(C)C)N(C)CCCC(=O)NNC(=O)CCCCCN1C(=O)C=CC1=O)C(C)C. The maximum atomic E-state index is 14.7. The molecule has 0 aromatic heterocycles. The van der Waals surface area contributed by atoms with Crippen LogP contribution in [0.3, 0.4) is 0 Å². The summed E-state index contributed by atoms with van der Waals surface area (Å²) in [5.41, 5.74) is 5.78. The number of imide groups is 1. The second-order valence-corrected chi connectivity index (χ2v) is 21.8. The van der Waals surface area contributed by atoms with Crippen LogP contribution >= 0.6 is 0 Å². The Kier molecular flexibility index (Phi) is 26.8. The number of likely N-dealkylation sites (N-methyl/N-ethyl adjacent to an activating group) is 2. The molecule has 0 radical (unpaired) electrons. The number of rotatable bonds is 31. The van der Waals surface area contributed by atoms with Crippen molar-refractivity contribution < 1.29 is 57.4 Å². The Balaban J connectivity index is 1.34. The van der Waals surface area contributed by atoms with Gasteiger partial charge in [0.2, 0.25) is 41.4 Å². The van der Waals surface area contributed by atoms with Crippen molar-refractivity contribution >= 4 is 53.2 Å². The van der Waals surface area contributed by atoms with Gasteiger partial charge in [-0.2, -0.15) is 0 Å². The molecule has 436 valence electrons. The van der Waals surface area contributed by atoms with Crippen LogP contribution in [0.2, 0.25) is 0 Å². The number of ether oxygens (including phenoxy) is 3. The lowest BCUT2D eigenvalue weighted by Gasteiger charge is -2.41. The maximum Gasteiger partial charge on any atom is 0.253 e. The first-order valence-corrected chi connectivity index (χ1v) is 28.1. The summed E-state index contributed by atoms with van der Waals surface area (Å²) in [5, 5.41) is 6.10. The predicted molar refractivity (Wildman–Crippen MR) is 293 cm³/mol. The van der Waals surface area contributed by atoms with Crippen LogP contribution in [0.1, 0.15) is 118 Å². The smallest absolute Gasteiger partial charge is 0.253 e. The van der Waals surface area contributed by atoms with Gasteiger partial charge in [-0.05, 0) is 69.0 Å². The lowest BCUT2D eigenvalue weighted by molar-refractivity contribution is -0.148. The molecule has 0 spiro atoms. The molecular weight excluding hydrogens is 1000 g/mol. The second kappa shape index (κ2) is 32.3. The monoisotopic (exact) mass is 1090 g/mol. The maximum absolute atomic E-state index is 14.7. The molecule has 4 N–H and O–H groups in total. The highest BCUT2D eigenvalue weighted by molar-refractivity contribution is 6.12. The first-order chi connectivity index (χ1) is 37.1. The highest BCUT2D eigenvalue weighted by Crippen LogP contribution is 2.30. The normalized spacial score (nSPS) is 18.8. The third-order valence-electron chi connectivity index (χ3n) is 15.5. The minimum absolute atomic E-state index is 0.0553. The molecule has 4 rings (SSSR count). The number of amides is 9. The molecule has 1 aromatic carbocycles. The van der Waals surface area contributed by atoms with E-state index in [2.05, 4.69) is 21.5 Å². The number of nitrogens with one attached hydrogen (secondary N) is 4. The Labute approximate surface area is 462 Å². The summed E-state index contributed by atoms with van der Waals surface area (Å²) in [7, 11) is 6.54. The Morgan fingerprint density at radius 2 is 1.40 bits per heavy atom. The molecule has 21 nitrogen and oxygen atoms in total. The molecule has 3 aliphatic rings. The molecular formula is C57H91N9O12. The van der Waals surface area contributed by atoms with E-state index in [-0.39, 0.29) is 90.8 Å². The van der Waals surface area contributed by atoms with Crippen molar-refractivity contribution in [3.8, 4) is 0 Å². The molecule has 0 bridgehead atoms. The first-order valence-electron chi connectivity index (χ1n) is 28.1. The van der Waals surface area contributed by atoms with Gasteiger partial charge in [-0.25, -0.2) is 0 Å². The van der Waals surface area contributed by atoms with E-state index in [0.717, 1.165) is 10.5 Å². The van der Waals surface area contributed by atoms with Gasteiger partial charge in [0.25, 0.3) is 11.8 Å². The largest absolute Gasteiger partial charge is 0.379 e. The summed E-state index contributed by atoms with van der Waals surface area (Å²) in [6.07, 6.45) is 5.59. The van der Waals surface area contributed by atoms with E-state index in [9.17, 15) is 43.2 Å². The van der Waals surface area contributed by atoms with E-state index in [4.69, 9.17) is 14.2 Å². The Bertz CT molecular complexity index is 2170. The van der Waals surface area contributed by atoms with E-state index in [1.807, 2.05) is 76.8 Å². The molecule has 8 unspecified atom stereocenters. The number of hydrogen-bond donors (Lipinski definition) is 4. The van der Waals surface area contributed by atoms with E-state index < -0.39 is 54.2 Å². The molecule has 21 heteroatoms. The molecule has 9 amide bonds. The number of likely N-dealkylation sites (tertiary alicyclic amines) is 1. The number of unbranched alkanes of at least 4 members (excludes halogenated alkanes) is 2. The van der Waals surface area contributed by atoms with Crippen molar-refractivity contribution in [3.63, 3.8) is 0 Å². The fraction of sp³-hybridized carbons (Fsp3) is 0.702. The summed E-state index contributed by atoms with van der Waals surface area (Å²) in [6, 6.07) is 6.16. The second-order valence-electron chi connectivity index (χ2n) is 21.8. The lowest BCUT2D eigenvalue weighted by Crippen LogP contribution is -2.60. The van der Waals surface area contributed by atoms with Crippen LogP contribution in [-0.4, -0.2) is 194 Å². The van der Waals surface area contributed by atoms with Gasteiger partial charge in [0, 0.05) is 78.9 Å². The number of nitrogens with zero attached hydrogens (tertiary/aromatic N) is 5. The van der Waals surface area contributed by atoms with Gasteiger partial charge in [-0.3, -0.25) is 63.8 Å². The molecule has 2 saturated heterocycles. The van der Waals surface area contributed by atoms with Gasteiger partial charge in [0.15, 0.2) is 0 Å². The number of morpholine rings is 1. The number of methoxy groups -OCH3 is 2. The van der Waals surface area contributed by atoms with Gasteiger partial charge in [-0.1, -0.05) is 91.6 Å². The van der Waals surface area contributed by atoms with Crippen LogP contribution in [0.25, 0.3) is 0 Å². The van der Waals surface area contributed by atoms with Crippen molar-refractivity contribution in [3.05, 3.63) is 48.0 Å². The Morgan fingerprint density at radius 1 is 0.769 bits per heavy atom. The van der Waals surface area contributed by atoms with E-state index in [1.54, 1.807) is 35.7 Å². The summed E-state index contributed by atoms with van der Waals surface area (Å²) >= 11 is 0. The van der Waals surface area contributed by atoms with Gasteiger partial charge in [0.05, 0.1) is 55.9 Å². The van der Waals surface area contributed by atoms with Crippen molar-refractivity contribution in [2.45, 2.75) is 162 Å². The molecule has 9 atom stereocenters. The van der Waals surface area contributed by atoms with Crippen molar-refractivity contribution in [2.75, 3.05) is 74.3 Å². The number of hydrazine groups is 1. The zero-order chi connectivity index (χ0) is 57.6. The standard InChI is InChI=1S/C57H91N9O12/c1-12-39(6)52(44(76-10)36-49(71)65-30-19-23-43(65)53(77-11)40(7)54(72)58-42(35-41-21-15-13-16-22-41)56(74)64-31-33-78-34-32-64)63(9)57(75)50(37(2)3)59-55(73)51(38(4)5)62(8)28-20-25-46(68)61-60-45(67)24-17-14-18-29-66-47(69)26-27-48(66)70/h13,15-16,21-22,26-27,37-40,42-44,50-53H,12,14,17-20,23-25,28-36H2,1-11H3,(H,58,72)(H,59,73)(H,60,67)(H,61,68)/t39?,40?,42?,43-,44?,50?,51?,52?,53?/m0/s1. The van der Waals surface area contributed by atoms with Gasteiger partial charge in [0.1, 0.15) is 12.1 Å². The molecule has 3 aliphatic heterocycles. The fourth-order valence-electron chi connectivity index (χ4n) is 10.9. The van der Waals surface area contributed by atoms with Crippen LogP contribution in [0.5, 0.6) is 0 Å². The zero-order valence-corrected chi connectivity index (χ0v) is 48.3. The quantitative estimate of drug-likeness (QED) is 0.0476. The minimum atomic E-state index is -0.920. The van der Waals surface area contributed by atoms with Crippen LogP contribution in [-0.2, 0) is 63.8 Å². The van der Waals surface area contributed by atoms with Crippen molar-refractivity contribution in [1.29, 1.82) is 0 Å². The van der Waals surface area contributed by atoms with Crippen LogP contribution in [0.4, 0.5) is 0 Å². The highest BCUT2D eigenvalue weighted by atomic mass is 16.5.